The number of nitrogens with zero attached hydrogens (tertiary/aromatic N) is 2. The largest absolute Gasteiger partial charge is 0.354 e. The summed E-state index contributed by atoms with van der Waals surface area (Å²) >= 11 is 0. The molecule has 1 atom stereocenters. The standard InChI is InChI=1S/C19H22FN3/c1-5-13(2)18-11-19(16(20)12-22-18)23-15(4)8-9-17-14(3)7-6-10-21-17/h6-13H,4-5H2,1-3H3,(H,22,23)/b9-8-. The third-order valence-electron chi connectivity index (χ3n) is 3.78. The van der Waals surface area contributed by atoms with Gasteiger partial charge in [-0.3, -0.25) is 9.97 Å². The van der Waals surface area contributed by atoms with Gasteiger partial charge in [0.2, 0.25) is 0 Å². The zero-order valence-electron chi connectivity index (χ0n) is 13.8. The van der Waals surface area contributed by atoms with Crippen molar-refractivity contribution in [1.82, 2.24) is 9.97 Å². The summed E-state index contributed by atoms with van der Waals surface area (Å²) in [4.78, 5) is 8.43. The summed E-state index contributed by atoms with van der Waals surface area (Å²) in [7, 11) is 0. The number of allylic oxidation sites excluding steroid dienone is 1. The lowest BCUT2D eigenvalue weighted by Gasteiger charge is -2.12. The summed E-state index contributed by atoms with van der Waals surface area (Å²) in [5, 5.41) is 3.00. The van der Waals surface area contributed by atoms with Gasteiger partial charge in [0.15, 0.2) is 5.82 Å². The lowest BCUT2D eigenvalue weighted by molar-refractivity contribution is 0.617. The van der Waals surface area contributed by atoms with Crippen molar-refractivity contribution in [3.05, 3.63) is 71.7 Å². The van der Waals surface area contributed by atoms with E-state index in [4.69, 9.17) is 0 Å². The molecule has 0 radical (unpaired) electrons. The molecular weight excluding hydrogens is 289 g/mol. The van der Waals surface area contributed by atoms with Gasteiger partial charge in [-0.2, -0.15) is 0 Å². The van der Waals surface area contributed by atoms with Crippen LogP contribution in [-0.4, -0.2) is 9.97 Å². The maximum atomic E-state index is 13.9. The molecule has 0 amide bonds. The van der Waals surface area contributed by atoms with Crippen LogP contribution >= 0.6 is 0 Å². The van der Waals surface area contributed by atoms with E-state index in [0.717, 1.165) is 23.4 Å². The van der Waals surface area contributed by atoms with Crippen LogP contribution in [0.25, 0.3) is 6.08 Å². The van der Waals surface area contributed by atoms with Crippen LogP contribution in [0, 0.1) is 12.7 Å². The Kier molecular flexibility index (Phi) is 5.63. The molecule has 2 rings (SSSR count). The van der Waals surface area contributed by atoms with Crippen molar-refractivity contribution in [2.45, 2.75) is 33.1 Å². The quantitative estimate of drug-likeness (QED) is 0.756. The number of nitrogens with one attached hydrogen (secondary N) is 1. The first kappa shape index (κ1) is 16.9. The second kappa shape index (κ2) is 7.68. The molecule has 1 N–H and O–H groups in total. The molecule has 2 heterocycles. The zero-order chi connectivity index (χ0) is 16.8. The number of rotatable bonds is 6. The molecule has 0 saturated heterocycles. The molecule has 1 unspecified atom stereocenters. The minimum atomic E-state index is -0.388. The van der Waals surface area contributed by atoms with Crippen LogP contribution in [0.4, 0.5) is 10.1 Å². The fourth-order valence-corrected chi connectivity index (χ4v) is 2.10. The van der Waals surface area contributed by atoms with Crippen LogP contribution in [0.5, 0.6) is 0 Å². The summed E-state index contributed by atoms with van der Waals surface area (Å²) in [5.41, 5.74) is 3.79. The maximum absolute atomic E-state index is 13.9. The Morgan fingerprint density at radius 1 is 1.43 bits per heavy atom. The van der Waals surface area contributed by atoms with Gasteiger partial charge in [-0.05, 0) is 49.1 Å². The van der Waals surface area contributed by atoms with E-state index in [-0.39, 0.29) is 11.7 Å². The Labute approximate surface area is 137 Å². The number of anilines is 1. The van der Waals surface area contributed by atoms with Gasteiger partial charge in [-0.25, -0.2) is 4.39 Å². The lowest BCUT2D eigenvalue weighted by atomic mass is 10.0. The monoisotopic (exact) mass is 311 g/mol. The van der Waals surface area contributed by atoms with E-state index in [1.54, 1.807) is 18.3 Å². The predicted octanol–water partition coefficient (Wildman–Crippen LogP) is 5.08. The summed E-state index contributed by atoms with van der Waals surface area (Å²) in [6, 6.07) is 5.63. The number of pyridine rings is 2. The van der Waals surface area contributed by atoms with Gasteiger partial charge in [-0.1, -0.05) is 26.5 Å². The van der Waals surface area contributed by atoms with Crippen LogP contribution in [0.2, 0.25) is 0 Å². The molecule has 0 fully saturated rings. The Morgan fingerprint density at radius 3 is 2.91 bits per heavy atom. The number of aromatic nitrogens is 2. The highest BCUT2D eigenvalue weighted by atomic mass is 19.1. The van der Waals surface area contributed by atoms with Gasteiger partial charge in [0.05, 0.1) is 17.6 Å². The minimum Gasteiger partial charge on any atom is -0.354 e. The summed E-state index contributed by atoms with van der Waals surface area (Å²) in [5.74, 6) is -0.100. The molecule has 0 aliphatic rings. The van der Waals surface area contributed by atoms with Crippen LogP contribution in [0.3, 0.4) is 0 Å². The second-order valence-electron chi connectivity index (χ2n) is 5.59. The second-order valence-corrected chi connectivity index (χ2v) is 5.59. The molecule has 2 aromatic heterocycles. The van der Waals surface area contributed by atoms with Crippen molar-refractivity contribution < 1.29 is 4.39 Å². The van der Waals surface area contributed by atoms with Gasteiger partial charge in [0.25, 0.3) is 0 Å². The van der Waals surface area contributed by atoms with E-state index < -0.39 is 0 Å². The number of hydrogen-bond donors (Lipinski definition) is 1. The molecule has 120 valence electrons. The van der Waals surface area contributed by atoms with Gasteiger partial charge in [-0.15, -0.1) is 0 Å². The van der Waals surface area contributed by atoms with Crippen LogP contribution in [-0.2, 0) is 0 Å². The first-order valence-electron chi connectivity index (χ1n) is 7.72. The predicted molar refractivity (Wildman–Crippen MR) is 93.7 cm³/mol. The van der Waals surface area contributed by atoms with E-state index >= 15 is 0 Å². The average Bonchev–Trinajstić information content (AvgIpc) is 2.55. The SMILES string of the molecule is C=C(/C=C\c1ncccc1C)Nc1cc(C(C)CC)ncc1F. The maximum Gasteiger partial charge on any atom is 0.164 e. The van der Waals surface area contributed by atoms with Gasteiger partial charge in [0, 0.05) is 17.6 Å². The first-order chi connectivity index (χ1) is 11.0. The van der Waals surface area contributed by atoms with Crippen molar-refractivity contribution >= 4 is 11.8 Å². The van der Waals surface area contributed by atoms with E-state index in [1.807, 2.05) is 25.1 Å². The Morgan fingerprint density at radius 2 is 2.22 bits per heavy atom. The molecule has 3 nitrogen and oxygen atoms in total. The topological polar surface area (TPSA) is 37.8 Å². The third kappa shape index (κ3) is 4.49. The van der Waals surface area contributed by atoms with Crippen molar-refractivity contribution in [2.75, 3.05) is 5.32 Å². The van der Waals surface area contributed by atoms with E-state index in [2.05, 4.69) is 35.7 Å². The molecule has 0 aliphatic heterocycles. The molecule has 4 heteroatoms. The number of hydrogen-bond acceptors (Lipinski definition) is 3. The highest BCUT2D eigenvalue weighted by molar-refractivity contribution is 5.57. The van der Waals surface area contributed by atoms with Crippen LogP contribution in [0.15, 0.2) is 48.9 Å². The normalized spacial score (nSPS) is 12.3. The fourth-order valence-electron chi connectivity index (χ4n) is 2.10. The summed E-state index contributed by atoms with van der Waals surface area (Å²) in [6.07, 6.45) is 7.60. The smallest absolute Gasteiger partial charge is 0.164 e. The molecule has 23 heavy (non-hydrogen) atoms. The van der Waals surface area contributed by atoms with Crippen molar-refractivity contribution in [3.8, 4) is 0 Å². The molecular formula is C19H22FN3. The summed E-state index contributed by atoms with van der Waals surface area (Å²) in [6.45, 7) is 10.1. The summed E-state index contributed by atoms with van der Waals surface area (Å²) < 4.78 is 13.9. The van der Waals surface area contributed by atoms with Crippen molar-refractivity contribution in [3.63, 3.8) is 0 Å². The van der Waals surface area contributed by atoms with Gasteiger partial charge < -0.3 is 5.32 Å². The lowest BCUT2D eigenvalue weighted by Crippen LogP contribution is -2.03. The Balaban J connectivity index is 2.12. The van der Waals surface area contributed by atoms with Crippen molar-refractivity contribution in [2.24, 2.45) is 0 Å². The number of halogens is 1. The minimum absolute atomic E-state index is 0.288. The van der Waals surface area contributed by atoms with Crippen molar-refractivity contribution in [1.29, 1.82) is 0 Å². The Hall–Kier alpha value is -2.49. The molecule has 2 aromatic rings. The van der Waals surface area contributed by atoms with E-state index in [9.17, 15) is 4.39 Å². The van der Waals surface area contributed by atoms with E-state index in [1.165, 1.54) is 6.20 Å². The molecule has 0 bridgehead atoms. The Bertz CT molecular complexity index is 722. The van der Waals surface area contributed by atoms with Crippen LogP contribution in [0.1, 0.15) is 43.1 Å². The highest BCUT2D eigenvalue weighted by Crippen LogP contribution is 2.23. The molecule has 0 aliphatic carbocycles. The zero-order valence-corrected chi connectivity index (χ0v) is 13.8. The molecule has 0 aromatic carbocycles. The van der Waals surface area contributed by atoms with Gasteiger partial charge >= 0.3 is 0 Å². The van der Waals surface area contributed by atoms with Gasteiger partial charge in [0.1, 0.15) is 0 Å². The van der Waals surface area contributed by atoms with Crippen LogP contribution < -0.4 is 5.32 Å². The number of aryl methyl sites for hydroxylation is 1. The average molecular weight is 311 g/mol. The first-order valence-corrected chi connectivity index (χ1v) is 7.72. The highest BCUT2D eigenvalue weighted by Gasteiger charge is 2.09. The molecule has 0 spiro atoms. The molecule has 0 saturated carbocycles. The fraction of sp³-hybridized carbons (Fsp3) is 0.263. The third-order valence-corrected chi connectivity index (χ3v) is 3.78. The van der Waals surface area contributed by atoms with E-state index in [0.29, 0.717) is 11.4 Å².